The highest BCUT2D eigenvalue weighted by Crippen LogP contribution is 2.43. The van der Waals surface area contributed by atoms with Crippen LogP contribution in [-0.4, -0.2) is 51.6 Å². The molecule has 0 aliphatic rings. The first-order valence-electron chi connectivity index (χ1n) is 6.48. The Morgan fingerprint density at radius 3 is 2.43 bits per heavy atom. The molecule has 1 aromatic rings. The molecule has 0 aromatic heterocycles. The zero-order valence-electron chi connectivity index (χ0n) is 12.3. The van der Waals surface area contributed by atoms with Crippen molar-refractivity contribution in [2.24, 2.45) is 0 Å². The van der Waals surface area contributed by atoms with Crippen LogP contribution in [0.15, 0.2) is 23.8 Å². The van der Waals surface area contributed by atoms with Crippen LogP contribution in [0.2, 0.25) is 0 Å². The largest absolute Gasteiger partial charge is 0.504 e. The maximum atomic E-state index is 12.0. The summed E-state index contributed by atoms with van der Waals surface area (Å²) in [5.41, 5.74) is 0.160. The molecule has 0 heterocycles. The number of rotatable bonds is 7. The number of ether oxygens (including phenoxy) is 1. The van der Waals surface area contributed by atoms with Gasteiger partial charge in [0.15, 0.2) is 11.5 Å². The fraction of sp³-hybridized carbons (Fsp3) is 0.286. The number of hydrogen-bond donors (Lipinski definition) is 4. The number of carboxylic acid groups (broad SMARTS) is 1. The minimum absolute atomic E-state index is 0.145. The lowest BCUT2D eigenvalue weighted by atomic mass is 10.1. The first kappa shape index (κ1) is 18.7. The van der Waals surface area contributed by atoms with Crippen LogP contribution in [0, 0.1) is 0 Å². The van der Waals surface area contributed by atoms with Crippen LogP contribution in [0.4, 0.5) is 0 Å². The number of phenols is 2. The van der Waals surface area contributed by atoms with Crippen molar-refractivity contribution in [3.63, 3.8) is 0 Å². The fourth-order valence-electron chi connectivity index (χ4n) is 1.75. The van der Waals surface area contributed by atoms with E-state index < -0.39 is 43.8 Å². The first-order chi connectivity index (χ1) is 10.6. The summed E-state index contributed by atoms with van der Waals surface area (Å²) in [6, 6.07) is 3.74. The summed E-state index contributed by atoms with van der Waals surface area (Å²) in [4.78, 5) is 32.0. The predicted octanol–water partition coefficient (Wildman–Crippen LogP) is 1.40. The van der Waals surface area contributed by atoms with Crippen LogP contribution in [-0.2, 0) is 18.9 Å². The Balaban J connectivity index is 3.07. The highest BCUT2D eigenvalue weighted by atomic mass is 31.2. The molecule has 0 fully saturated rings. The van der Waals surface area contributed by atoms with Gasteiger partial charge in [-0.25, -0.2) is 4.79 Å². The Morgan fingerprint density at radius 2 is 1.91 bits per heavy atom. The van der Waals surface area contributed by atoms with Gasteiger partial charge in [0.05, 0.1) is 19.7 Å². The van der Waals surface area contributed by atoms with E-state index in [2.05, 4.69) is 4.74 Å². The third-order valence-corrected chi connectivity index (χ3v) is 4.64. The summed E-state index contributed by atoms with van der Waals surface area (Å²) < 4.78 is 16.6. The van der Waals surface area contributed by atoms with E-state index in [0.717, 1.165) is 13.2 Å². The Bertz CT molecular complexity index is 679. The summed E-state index contributed by atoms with van der Waals surface area (Å²) in [5.74, 6) is -2.83. The van der Waals surface area contributed by atoms with Crippen molar-refractivity contribution in [2.75, 3.05) is 19.4 Å². The SMILES string of the molecule is COC(=O)/C(=C/c1ccc(O)c(O)c1)CP(=O)(O)CCC(=O)O. The van der Waals surface area contributed by atoms with E-state index in [1.807, 2.05) is 0 Å². The molecular formula is C14H17O8P. The third kappa shape index (κ3) is 6.14. The number of carboxylic acids is 1. The molecule has 126 valence electrons. The van der Waals surface area contributed by atoms with Crippen LogP contribution in [0.1, 0.15) is 12.0 Å². The molecule has 0 aliphatic heterocycles. The molecule has 9 heteroatoms. The van der Waals surface area contributed by atoms with Crippen molar-refractivity contribution in [3.05, 3.63) is 29.3 Å². The average molecular weight is 344 g/mol. The van der Waals surface area contributed by atoms with Crippen molar-refractivity contribution < 1.29 is 39.1 Å². The van der Waals surface area contributed by atoms with E-state index in [4.69, 9.17) is 5.11 Å². The number of aromatic hydroxyl groups is 2. The Morgan fingerprint density at radius 1 is 1.26 bits per heavy atom. The van der Waals surface area contributed by atoms with E-state index >= 15 is 0 Å². The quantitative estimate of drug-likeness (QED) is 0.252. The molecule has 0 spiro atoms. The molecule has 1 atom stereocenters. The summed E-state index contributed by atoms with van der Waals surface area (Å²) in [6.07, 6.45) is -0.303. The van der Waals surface area contributed by atoms with Gasteiger partial charge in [-0.2, -0.15) is 0 Å². The van der Waals surface area contributed by atoms with Gasteiger partial charge in [0.25, 0.3) is 0 Å². The van der Waals surface area contributed by atoms with Crippen LogP contribution < -0.4 is 0 Å². The molecule has 0 bridgehead atoms. The summed E-state index contributed by atoms with van der Waals surface area (Å²) in [7, 11) is -2.79. The number of carbonyl (C=O) groups is 2. The molecule has 23 heavy (non-hydrogen) atoms. The van der Waals surface area contributed by atoms with Gasteiger partial charge in [0.2, 0.25) is 7.37 Å². The second-order valence-electron chi connectivity index (χ2n) is 4.78. The lowest BCUT2D eigenvalue weighted by Crippen LogP contribution is -2.11. The molecule has 1 unspecified atom stereocenters. The van der Waals surface area contributed by atoms with Gasteiger partial charge in [0.1, 0.15) is 0 Å². The van der Waals surface area contributed by atoms with Crippen LogP contribution in [0.3, 0.4) is 0 Å². The maximum Gasteiger partial charge on any atom is 0.334 e. The summed E-state index contributed by atoms with van der Waals surface area (Å²) >= 11 is 0. The normalized spacial score (nSPS) is 14.1. The molecule has 0 saturated heterocycles. The van der Waals surface area contributed by atoms with E-state index in [1.165, 1.54) is 18.2 Å². The van der Waals surface area contributed by atoms with Crippen molar-refractivity contribution in [2.45, 2.75) is 6.42 Å². The third-order valence-electron chi connectivity index (χ3n) is 2.88. The molecule has 1 rings (SSSR count). The van der Waals surface area contributed by atoms with Crippen molar-refractivity contribution in [1.82, 2.24) is 0 Å². The second-order valence-corrected chi connectivity index (χ2v) is 7.24. The molecule has 0 aliphatic carbocycles. The van der Waals surface area contributed by atoms with E-state index in [9.17, 15) is 29.3 Å². The zero-order valence-corrected chi connectivity index (χ0v) is 13.2. The topological polar surface area (TPSA) is 141 Å². The van der Waals surface area contributed by atoms with E-state index in [1.54, 1.807) is 0 Å². The number of esters is 1. The van der Waals surface area contributed by atoms with Gasteiger partial charge >= 0.3 is 11.9 Å². The number of carbonyl (C=O) groups excluding carboxylic acids is 1. The Labute approximate surface area is 132 Å². The molecule has 0 amide bonds. The minimum Gasteiger partial charge on any atom is -0.504 e. The summed E-state index contributed by atoms with van der Waals surface area (Å²) in [5, 5.41) is 27.2. The lowest BCUT2D eigenvalue weighted by Gasteiger charge is -2.12. The average Bonchev–Trinajstić information content (AvgIpc) is 2.47. The van der Waals surface area contributed by atoms with Crippen molar-refractivity contribution in [3.8, 4) is 11.5 Å². The maximum absolute atomic E-state index is 12.0. The highest BCUT2D eigenvalue weighted by Gasteiger charge is 2.25. The molecule has 1 aromatic carbocycles. The Hall–Kier alpha value is -2.31. The molecule has 4 N–H and O–H groups in total. The number of phenolic OH excluding ortho intramolecular Hbond substituents is 2. The predicted molar refractivity (Wildman–Crippen MR) is 81.6 cm³/mol. The van der Waals surface area contributed by atoms with Gasteiger partial charge in [0, 0.05) is 11.7 Å². The van der Waals surface area contributed by atoms with Gasteiger partial charge in [-0.15, -0.1) is 0 Å². The van der Waals surface area contributed by atoms with Crippen molar-refractivity contribution in [1.29, 1.82) is 0 Å². The van der Waals surface area contributed by atoms with Gasteiger partial charge < -0.3 is 24.9 Å². The number of methoxy groups -OCH3 is 1. The highest BCUT2D eigenvalue weighted by molar-refractivity contribution is 7.58. The van der Waals surface area contributed by atoms with E-state index in [-0.39, 0.29) is 11.3 Å². The number of benzene rings is 1. The number of aliphatic carboxylic acids is 1. The zero-order chi connectivity index (χ0) is 17.6. The molecule has 8 nitrogen and oxygen atoms in total. The molecule has 0 saturated carbocycles. The van der Waals surface area contributed by atoms with Gasteiger partial charge in [-0.3, -0.25) is 9.36 Å². The smallest absolute Gasteiger partial charge is 0.334 e. The summed E-state index contributed by atoms with van der Waals surface area (Å²) in [6.45, 7) is 0. The minimum atomic E-state index is -3.89. The van der Waals surface area contributed by atoms with Crippen molar-refractivity contribution >= 4 is 25.4 Å². The lowest BCUT2D eigenvalue weighted by molar-refractivity contribution is -0.137. The Kier molecular flexibility index (Phi) is 6.36. The van der Waals surface area contributed by atoms with Crippen LogP contribution in [0.25, 0.3) is 6.08 Å². The fourth-order valence-corrected chi connectivity index (χ4v) is 3.20. The van der Waals surface area contributed by atoms with Gasteiger partial charge in [-0.05, 0) is 23.8 Å². The monoisotopic (exact) mass is 344 g/mol. The van der Waals surface area contributed by atoms with E-state index in [0.29, 0.717) is 5.56 Å². The molecule has 0 radical (unpaired) electrons. The standard InChI is InChI=1S/C14H17O8P/c1-22-14(19)10(8-23(20,21)5-4-13(17)18)6-9-2-3-11(15)12(16)7-9/h2-3,6-7,15-16H,4-5,8H2,1H3,(H,17,18)(H,20,21)/b10-6+. The van der Waals surface area contributed by atoms with Crippen LogP contribution >= 0.6 is 7.37 Å². The van der Waals surface area contributed by atoms with Gasteiger partial charge in [-0.1, -0.05) is 6.07 Å². The van der Waals surface area contributed by atoms with Crippen LogP contribution in [0.5, 0.6) is 11.5 Å². The molecular weight excluding hydrogens is 327 g/mol. The first-order valence-corrected chi connectivity index (χ1v) is 8.51. The second kappa shape index (κ2) is 7.80. The number of hydrogen-bond acceptors (Lipinski definition) is 6.